The molecule has 0 radical (unpaired) electrons. The number of aliphatic carboxylic acids is 1. The summed E-state index contributed by atoms with van der Waals surface area (Å²) in [6.07, 6.45) is -0.792. The Balaban J connectivity index is 1.98. The van der Waals surface area contributed by atoms with E-state index in [4.69, 9.17) is 5.11 Å². The van der Waals surface area contributed by atoms with Crippen LogP contribution in [0, 0.1) is 0 Å². The fourth-order valence-corrected chi connectivity index (χ4v) is 1.66. The SMILES string of the molecule is O=C(O)COC(=O)Nc1ccc(-c2ccccc2)cc1. The summed E-state index contributed by atoms with van der Waals surface area (Å²) in [5, 5.41) is 10.8. The van der Waals surface area contributed by atoms with Crippen molar-refractivity contribution in [3.05, 3.63) is 54.6 Å². The average Bonchev–Trinajstić information content (AvgIpc) is 2.47. The molecule has 0 spiro atoms. The predicted molar refractivity (Wildman–Crippen MR) is 74.5 cm³/mol. The summed E-state index contributed by atoms with van der Waals surface area (Å²) in [5.41, 5.74) is 2.64. The van der Waals surface area contributed by atoms with Gasteiger partial charge in [-0.25, -0.2) is 9.59 Å². The van der Waals surface area contributed by atoms with E-state index in [0.29, 0.717) is 5.69 Å². The first-order chi connectivity index (χ1) is 9.65. The molecule has 0 aliphatic rings. The lowest BCUT2D eigenvalue weighted by Crippen LogP contribution is -2.18. The van der Waals surface area contributed by atoms with Crippen molar-refractivity contribution >= 4 is 17.7 Å². The van der Waals surface area contributed by atoms with Gasteiger partial charge in [0.25, 0.3) is 0 Å². The summed E-state index contributed by atoms with van der Waals surface area (Å²) in [4.78, 5) is 21.5. The first kappa shape index (κ1) is 13.6. The van der Waals surface area contributed by atoms with Crippen molar-refractivity contribution in [3.63, 3.8) is 0 Å². The van der Waals surface area contributed by atoms with Crippen LogP contribution in [0.4, 0.5) is 10.5 Å². The van der Waals surface area contributed by atoms with Crippen LogP contribution in [0.25, 0.3) is 11.1 Å². The summed E-state index contributed by atoms with van der Waals surface area (Å²) < 4.78 is 4.47. The molecule has 2 aromatic carbocycles. The van der Waals surface area contributed by atoms with Gasteiger partial charge in [-0.1, -0.05) is 42.5 Å². The minimum Gasteiger partial charge on any atom is -0.479 e. The van der Waals surface area contributed by atoms with Crippen molar-refractivity contribution in [1.29, 1.82) is 0 Å². The smallest absolute Gasteiger partial charge is 0.412 e. The van der Waals surface area contributed by atoms with Crippen LogP contribution < -0.4 is 5.32 Å². The van der Waals surface area contributed by atoms with Crippen LogP contribution in [0.2, 0.25) is 0 Å². The largest absolute Gasteiger partial charge is 0.479 e. The number of rotatable bonds is 4. The van der Waals surface area contributed by atoms with Gasteiger partial charge in [-0.05, 0) is 23.3 Å². The summed E-state index contributed by atoms with van der Waals surface area (Å²) in [5.74, 6) is -1.19. The van der Waals surface area contributed by atoms with E-state index < -0.39 is 18.7 Å². The molecule has 2 rings (SSSR count). The molecule has 2 aromatic rings. The standard InChI is InChI=1S/C15H13NO4/c17-14(18)10-20-15(19)16-13-8-6-12(7-9-13)11-4-2-1-3-5-11/h1-9H,10H2,(H,16,19)(H,17,18). The highest BCUT2D eigenvalue weighted by molar-refractivity contribution is 5.86. The molecule has 0 heterocycles. The van der Waals surface area contributed by atoms with Gasteiger partial charge in [0.1, 0.15) is 0 Å². The van der Waals surface area contributed by atoms with E-state index in [1.165, 1.54) is 0 Å². The molecule has 5 nitrogen and oxygen atoms in total. The Morgan fingerprint density at radius 3 is 2.15 bits per heavy atom. The molecule has 5 heteroatoms. The van der Waals surface area contributed by atoms with Gasteiger partial charge in [0.15, 0.2) is 6.61 Å². The van der Waals surface area contributed by atoms with E-state index in [0.717, 1.165) is 11.1 Å². The van der Waals surface area contributed by atoms with Gasteiger partial charge >= 0.3 is 12.1 Å². The fraction of sp³-hybridized carbons (Fsp3) is 0.0667. The van der Waals surface area contributed by atoms with Gasteiger partial charge < -0.3 is 9.84 Å². The second-order valence-corrected chi connectivity index (χ2v) is 4.04. The zero-order valence-corrected chi connectivity index (χ0v) is 10.6. The van der Waals surface area contributed by atoms with Gasteiger partial charge in [-0.15, -0.1) is 0 Å². The molecular weight excluding hydrogens is 258 g/mol. The maximum atomic E-state index is 11.3. The zero-order valence-electron chi connectivity index (χ0n) is 10.6. The Bertz CT molecular complexity index is 593. The minimum atomic E-state index is -1.19. The summed E-state index contributed by atoms with van der Waals surface area (Å²) >= 11 is 0. The molecule has 0 bridgehead atoms. The summed E-state index contributed by atoms with van der Waals surface area (Å²) in [7, 11) is 0. The van der Waals surface area contributed by atoms with E-state index >= 15 is 0 Å². The fourth-order valence-electron chi connectivity index (χ4n) is 1.66. The number of amides is 1. The van der Waals surface area contributed by atoms with Crippen molar-refractivity contribution in [2.24, 2.45) is 0 Å². The van der Waals surface area contributed by atoms with E-state index in [9.17, 15) is 9.59 Å². The number of anilines is 1. The Morgan fingerprint density at radius 1 is 0.950 bits per heavy atom. The monoisotopic (exact) mass is 271 g/mol. The number of ether oxygens (including phenoxy) is 1. The number of carboxylic acid groups (broad SMARTS) is 1. The molecule has 0 aromatic heterocycles. The number of carbonyl (C=O) groups is 2. The van der Waals surface area contributed by atoms with Crippen molar-refractivity contribution in [2.75, 3.05) is 11.9 Å². The van der Waals surface area contributed by atoms with E-state index in [-0.39, 0.29) is 0 Å². The number of hydrogen-bond donors (Lipinski definition) is 2. The Morgan fingerprint density at radius 2 is 1.55 bits per heavy atom. The van der Waals surface area contributed by atoms with Gasteiger partial charge in [-0.3, -0.25) is 5.32 Å². The Labute approximate surface area is 115 Å². The highest BCUT2D eigenvalue weighted by atomic mass is 16.6. The van der Waals surface area contributed by atoms with Crippen LogP contribution in [-0.2, 0) is 9.53 Å². The summed E-state index contributed by atoms with van der Waals surface area (Å²) in [6, 6.07) is 17.0. The molecule has 20 heavy (non-hydrogen) atoms. The first-order valence-corrected chi connectivity index (χ1v) is 5.96. The topological polar surface area (TPSA) is 75.6 Å². The second-order valence-electron chi connectivity index (χ2n) is 4.04. The lowest BCUT2D eigenvalue weighted by molar-refractivity contribution is -0.140. The van der Waals surface area contributed by atoms with Crippen molar-refractivity contribution < 1.29 is 19.4 Å². The third-order valence-corrected chi connectivity index (χ3v) is 2.57. The third kappa shape index (κ3) is 3.84. The van der Waals surface area contributed by atoms with Gasteiger partial charge in [0.05, 0.1) is 0 Å². The molecule has 2 N–H and O–H groups in total. The van der Waals surface area contributed by atoms with Crippen LogP contribution in [0.1, 0.15) is 0 Å². The highest BCUT2D eigenvalue weighted by Crippen LogP contribution is 2.20. The molecule has 0 saturated carbocycles. The Kier molecular flexibility index (Phi) is 4.34. The molecular formula is C15H13NO4. The highest BCUT2D eigenvalue weighted by Gasteiger charge is 2.06. The number of carbonyl (C=O) groups excluding carboxylic acids is 1. The van der Waals surface area contributed by atoms with E-state index in [1.807, 2.05) is 42.5 Å². The molecule has 102 valence electrons. The predicted octanol–water partition coefficient (Wildman–Crippen LogP) is 2.99. The normalized spacial score (nSPS) is 9.80. The maximum Gasteiger partial charge on any atom is 0.412 e. The van der Waals surface area contributed by atoms with Crippen LogP contribution in [-0.4, -0.2) is 23.8 Å². The molecule has 0 fully saturated rings. The number of hydrogen-bond acceptors (Lipinski definition) is 3. The van der Waals surface area contributed by atoms with Crippen LogP contribution in [0.15, 0.2) is 54.6 Å². The lowest BCUT2D eigenvalue weighted by Gasteiger charge is -2.06. The zero-order chi connectivity index (χ0) is 14.4. The number of nitrogens with one attached hydrogen (secondary N) is 1. The molecule has 0 atom stereocenters. The quantitative estimate of drug-likeness (QED) is 0.896. The minimum absolute atomic E-state index is 0.542. The van der Waals surface area contributed by atoms with E-state index in [1.54, 1.807) is 12.1 Å². The maximum absolute atomic E-state index is 11.3. The van der Waals surface area contributed by atoms with Gasteiger partial charge in [0.2, 0.25) is 0 Å². The third-order valence-electron chi connectivity index (χ3n) is 2.57. The van der Waals surface area contributed by atoms with Gasteiger partial charge in [0, 0.05) is 5.69 Å². The number of benzene rings is 2. The van der Waals surface area contributed by atoms with Crippen molar-refractivity contribution in [3.8, 4) is 11.1 Å². The Hall–Kier alpha value is -2.82. The van der Waals surface area contributed by atoms with Gasteiger partial charge in [-0.2, -0.15) is 0 Å². The number of carboxylic acids is 1. The molecule has 0 aliphatic heterocycles. The van der Waals surface area contributed by atoms with E-state index in [2.05, 4.69) is 10.1 Å². The van der Waals surface area contributed by atoms with Crippen LogP contribution in [0.5, 0.6) is 0 Å². The lowest BCUT2D eigenvalue weighted by atomic mass is 10.1. The first-order valence-electron chi connectivity index (χ1n) is 5.96. The molecule has 0 unspecified atom stereocenters. The molecule has 1 amide bonds. The van der Waals surface area contributed by atoms with Crippen LogP contribution in [0.3, 0.4) is 0 Å². The summed E-state index contributed by atoms with van der Waals surface area (Å²) in [6.45, 7) is -0.659. The van der Waals surface area contributed by atoms with Crippen molar-refractivity contribution in [1.82, 2.24) is 0 Å². The second kappa shape index (κ2) is 6.38. The van der Waals surface area contributed by atoms with Crippen molar-refractivity contribution in [2.45, 2.75) is 0 Å². The van der Waals surface area contributed by atoms with Crippen LogP contribution >= 0.6 is 0 Å². The molecule has 0 aliphatic carbocycles. The average molecular weight is 271 g/mol. The molecule has 0 saturated heterocycles.